The number of hydrogen-bond acceptors (Lipinski definition) is 8. The Bertz CT molecular complexity index is 518. The molecule has 0 amide bonds. The molecule has 1 aromatic rings. The first-order chi connectivity index (χ1) is 9.09. The van der Waals surface area contributed by atoms with Crippen LogP contribution in [0, 0.1) is 0 Å². The summed E-state index contributed by atoms with van der Waals surface area (Å²) in [7, 11) is -4.47. The lowest BCUT2D eigenvalue weighted by Crippen LogP contribution is -2.50. The van der Waals surface area contributed by atoms with E-state index in [1.54, 1.807) is 0 Å². The zero-order valence-electron chi connectivity index (χ0n) is 10.3. The van der Waals surface area contributed by atoms with Crippen molar-refractivity contribution in [2.24, 2.45) is 5.73 Å². The maximum Gasteiger partial charge on any atom is 0.298 e. The normalized spacial score (nSPS) is 11.7. The molecule has 0 unspecified atom stereocenters. The summed E-state index contributed by atoms with van der Waals surface area (Å²) >= 11 is 0. The molecule has 0 radical (unpaired) electrons. The number of aliphatic hydroxyl groups excluding tert-OH is 3. The molecule has 9 nitrogen and oxygen atoms in total. The standard InChI is InChI=1S/C6H6O5S.C4H11NO3/c7-4-1-2-5(8)6(3-4)12(9,10)11;5-4(1-6,2-7)3-8/h1-3,7-8H,(H,9,10,11);6-8H,1-3,5H2. The van der Waals surface area contributed by atoms with Gasteiger partial charge in [-0.05, 0) is 12.1 Å². The van der Waals surface area contributed by atoms with E-state index in [4.69, 9.17) is 35.8 Å². The molecule has 20 heavy (non-hydrogen) atoms. The molecule has 116 valence electrons. The van der Waals surface area contributed by atoms with Crippen LogP contribution in [0.2, 0.25) is 0 Å². The summed E-state index contributed by atoms with van der Waals surface area (Å²) in [6, 6.07) is 2.83. The van der Waals surface area contributed by atoms with Gasteiger partial charge in [-0.15, -0.1) is 0 Å². The second-order valence-corrected chi connectivity index (χ2v) is 5.35. The Hall–Kier alpha value is -1.43. The van der Waals surface area contributed by atoms with Crippen LogP contribution in [0.25, 0.3) is 0 Å². The Balaban J connectivity index is 0.000000396. The first-order valence-electron chi connectivity index (χ1n) is 5.20. The number of hydrogen-bond donors (Lipinski definition) is 7. The molecule has 10 heteroatoms. The molecule has 0 saturated carbocycles. The van der Waals surface area contributed by atoms with Crippen molar-refractivity contribution in [2.75, 3.05) is 19.8 Å². The van der Waals surface area contributed by atoms with Crippen LogP contribution >= 0.6 is 0 Å². The minimum atomic E-state index is -4.47. The SMILES string of the molecule is NC(CO)(CO)CO.O=S(=O)(O)c1cc(O)ccc1O. The Kier molecular flexibility index (Phi) is 6.85. The number of rotatable bonds is 4. The van der Waals surface area contributed by atoms with E-state index >= 15 is 0 Å². The van der Waals surface area contributed by atoms with E-state index < -0.39 is 46.1 Å². The van der Waals surface area contributed by atoms with Crippen LogP contribution in [0.3, 0.4) is 0 Å². The molecule has 0 aliphatic rings. The van der Waals surface area contributed by atoms with Gasteiger partial charge in [0.25, 0.3) is 10.1 Å². The highest BCUT2D eigenvalue weighted by Gasteiger charge is 2.20. The quantitative estimate of drug-likeness (QED) is 0.244. The average molecular weight is 311 g/mol. The van der Waals surface area contributed by atoms with E-state index in [0.717, 1.165) is 18.2 Å². The molecule has 8 N–H and O–H groups in total. The largest absolute Gasteiger partial charge is 0.508 e. The molecular weight excluding hydrogens is 294 g/mol. The van der Waals surface area contributed by atoms with Crippen molar-refractivity contribution < 1.29 is 38.5 Å². The lowest BCUT2D eigenvalue weighted by molar-refractivity contribution is 0.0697. The molecule has 0 aliphatic heterocycles. The molecule has 0 heterocycles. The van der Waals surface area contributed by atoms with Crippen molar-refractivity contribution >= 4 is 10.1 Å². The van der Waals surface area contributed by atoms with Gasteiger partial charge in [0, 0.05) is 6.07 Å². The third-order valence-corrected chi connectivity index (χ3v) is 3.05. The number of benzene rings is 1. The number of nitrogens with two attached hydrogens (primary N) is 1. The highest BCUT2D eigenvalue weighted by atomic mass is 32.2. The van der Waals surface area contributed by atoms with Gasteiger partial charge in [0.2, 0.25) is 0 Å². The molecule has 0 aliphatic carbocycles. The summed E-state index contributed by atoms with van der Waals surface area (Å²) in [5, 5.41) is 42.8. The van der Waals surface area contributed by atoms with Gasteiger partial charge in [0.1, 0.15) is 16.4 Å². The summed E-state index contributed by atoms with van der Waals surface area (Å²) in [6.07, 6.45) is 0. The Morgan fingerprint density at radius 3 is 1.75 bits per heavy atom. The van der Waals surface area contributed by atoms with Crippen molar-refractivity contribution in [1.82, 2.24) is 0 Å². The fraction of sp³-hybridized carbons (Fsp3) is 0.400. The number of aromatic hydroxyl groups is 2. The molecule has 1 aromatic carbocycles. The van der Waals surface area contributed by atoms with E-state index in [9.17, 15) is 8.42 Å². The van der Waals surface area contributed by atoms with Crippen molar-refractivity contribution in [3.05, 3.63) is 18.2 Å². The summed E-state index contributed by atoms with van der Waals surface area (Å²) in [6.45, 7) is -1.21. The number of aliphatic hydroxyl groups is 3. The van der Waals surface area contributed by atoms with E-state index in [0.29, 0.717) is 0 Å². The van der Waals surface area contributed by atoms with Crippen LogP contribution in [0.1, 0.15) is 0 Å². The van der Waals surface area contributed by atoms with Gasteiger partial charge < -0.3 is 31.3 Å². The highest BCUT2D eigenvalue weighted by molar-refractivity contribution is 7.86. The minimum absolute atomic E-state index is 0.347. The molecule has 0 fully saturated rings. The predicted molar refractivity (Wildman–Crippen MR) is 67.8 cm³/mol. The lowest BCUT2D eigenvalue weighted by Gasteiger charge is -2.20. The molecule has 0 bridgehead atoms. The van der Waals surface area contributed by atoms with Gasteiger partial charge in [-0.1, -0.05) is 0 Å². The Labute approximate surface area is 115 Å². The average Bonchev–Trinajstić information content (AvgIpc) is 2.40. The van der Waals surface area contributed by atoms with Gasteiger partial charge in [0.15, 0.2) is 0 Å². The van der Waals surface area contributed by atoms with E-state index in [1.807, 2.05) is 0 Å². The van der Waals surface area contributed by atoms with Crippen LogP contribution in [0.15, 0.2) is 23.1 Å². The minimum Gasteiger partial charge on any atom is -0.508 e. The number of phenols is 2. The Morgan fingerprint density at radius 1 is 1.05 bits per heavy atom. The van der Waals surface area contributed by atoms with Crippen molar-refractivity contribution in [2.45, 2.75) is 10.4 Å². The maximum absolute atomic E-state index is 10.5. The summed E-state index contributed by atoms with van der Waals surface area (Å²) in [5.41, 5.74) is 3.94. The van der Waals surface area contributed by atoms with Gasteiger partial charge in [-0.3, -0.25) is 4.55 Å². The monoisotopic (exact) mass is 311 g/mol. The van der Waals surface area contributed by atoms with Crippen LogP contribution in [0.5, 0.6) is 11.5 Å². The van der Waals surface area contributed by atoms with Crippen molar-refractivity contribution in [3.63, 3.8) is 0 Å². The molecule has 0 saturated heterocycles. The molecule has 0 aromatic heterocycles. The van der Waals surface area contributed by atoms with Crippen molar-refractivity contribution in [3.8, 4) is 11.5 Å². The van der Waals surface area contributed by atoms with E-state index in [1.165, 1.54) is 0 Å². The van der Waals surface area contributed by atoms with E-state index in [-0.39, 0.29) is 5.75 Å². The highest BCUT2D eigenvalue weighted by Crippen LogP contribution is 2.25. The molecular formula is C10H17NO8S. The van der Waals surface area contributed by atoms with Crippen LogP contribution in [-0.4, -0.2) is 63.9 Å². The third kappa shape index (κ3) is 5.69. The number of phenolic OH excluding ortho intramolecular Hbond substituents is 2. The predicted octanol–water partition coefficient (Wildman–Crippen LogP) is -1.99. The van der Waals surface area contributed by atoms with Crippen LogP contribution in [-0.2, 0) is 10.1 Å². The second-order valence-electron chi connectivity index (χ2n) is 3.96. The summed E-state index contributed by atoms with van der Waals surface area (Å²) in [4.78, 5) is -0.706. The van der Waals surface area contributed by atoms with Crippen molar-refractivity contribution in [1.29, 1.82) is 0 Å². The van der Waals surface area contributed by atoms with Gasteiger partial charge >= 0.3 is 0 Å². The smallest absolute Gasteiger partial charge is 0.298 e. The Morgan fingerprint density at radius 2 is 1.50 bits per heavy atom. The van der Waals surface area contributed by atoms with Crippen LogP contribution in [0.4, 0.5) is 0 Å². The molecule has 0 spiro atoms. The summed E-state index contributed by atoms with van der Waals surface area (Å²) in [5.74, 6) is -0.948. The zero-order chi connectivity index (χ0) is 16.0. The van der Waals surface area contributed by atoms with Gasteiger partial charge in [-0.25, -0.2) is 0 Å². The first-order valence-corrected chi connectivity index (χ1v) is 6.64. The first kappa shape index (κ1) is 18.6. The topological polar surface area (TPSA) is 182 Å². The fourth-order valence-corrected chi connectivity index (χ4v) is 1.46. The van der Waals surface area contributed by atoms with Gasteiger partial charge in [0.05, 0.1) is 25.4 Å². The van der Waals surface area contributed by atoms with Crippen LogP contribution < -0.4 is 5.73 Å². The summed E-state index contributed by atoms with van der Waals surface area (Å²) < 4.78 is 29.5. The third-order valence-electron chi connectivity index (χ3n) is 2.17. The maximum atomic E-state index is 10.5. The lowest BCUT2D eigenvalue weighted by atomic mass is 10.1. The zero-order valence-corrected chi connectivity index (χ0v) is 11.2. The molecule has 1 rings (SSSR count). The molecule has 0 atom stereocenters. The fourth-order valence-electron chi connectivity index (χ4n) is 0.859. The van der Waals surface area contributed by atoms with Gasteiger partial charge in [-0.2, -0.15) is 8.42 Å². The second kappa shape index (κ2) is 7.38. The van der Waals surface area contributed by atoms with E-state index in [2.05, 4.69) is 0 Å².